The van der Waals surface area contributed by atoms with Crippen LogP contribution in [0.3, 0.4) is 0 Å². The van der Waals surface area contributed by atoms with Crippen molar-refractivity contribution >= 4 is 40.1 Å². The smallest absolute Gasteiger partial charge is 0.350 e. The van der Waals surface area contributed by atoms with Gasteiger partial charge in [-0.15, -0.1) is 10.2 Å². The van der Waals surface area contributed by atoms with Crippen molar-refractivity contribution in [1.29, 1.82) is 0 Å². The lowest BCUT2D eigenvalue weighted by molar-refractivity contribution is -0.113. The predicted molar refractivity (Wildman–Crippen MR) is 97.2 cm³/mol. The zero-order chi connectivity index (χ0) is 18.4. The van der Waals surface area contributed by atoms with Gasteiger partial charge in [0, 0.05) is 6.54 Å². The molecule has 0 aliphatic carbocycles. The third-order valence-electron chi connectivity index (χ3n) is 3.19. The molecule has 8 nitrogen and oxygen atoms in total. The van der Waals surface area contributed by atoms with Gasteiger partial charge in [-0.05, 0) is 27.2 Å². The Morgan fingerprint density at radius 2 is 2.04 bits per heavy atom. The number of nitrogens with zero attached hydrogens (tertiary/aromatic N) is 4. The lowest BCUT2D eigenvalue weighted by Crippen LogP contribution is -2.14. The fourth-order valence-electron chi connectivity index (χ4n) is 2.07. The van der Waals surface area contributed by atoms with Crippen LogP contribution in [0.5, 0.6) is 0 Å². The lowest BCUT2D eigenvalue weighted by atomic mass is 10.4. The molecule has 0 bridgehead atoms. The fraction of sp³-hybridized carbons (Fsp3) is 0.533. The van der Waals surface area contributed by atoms with Crippen molar-refractivity contribution in [2.75, 3.05) is 17.7 Å². The molecule has 0 saturated carbocycles. The number of aryl methyl sites for hydroxylation is 2. The van der Waals surface area contributed by atoms with E-state index in [1.165, 1.54) is 11.8 Å². The first kappa shape index (κ1) is 19.4. The number of esters is 1. The van der Waals surface area contributed by atoms with Gasteiger partial charge >= 0.3 is 5.97 Å². The Hall–Kier alpha value is -1.94. The Balaban J connectivity index is 1.95. The quantitative estimate of drug-likeness (QED) is 0.552. The van der Waals surface area contributed by atoms with E-state index in [4.69, 9.17) is 4.74 Å². The van der Waals surface area contributed by atoms with Crippen LogP contribution in [0.25, 0.3) is 0 Å². The molecule has 10 heteroatoms. The molecule has 1 N–H and O–H groups in total. The van der Waals surface area contributed by atoms with Crippen LogP contribution < -0.4 is 5.32 Å². The van der Waals surface area contributed by atoms with Gasteiger partial charge in [0.15, 0.2) is 10.3 Å². The molecule has 0 unspecified atom stereocenters. The summed E-state index contributed by atoms with van der Waals surface area (Å²) in [6.07, 6.45) is 0.966. The number of carbonyl (C=O) groups excluding carboxylic acids is 2. The fourth-order valence-corrected chi connectivity index (χ4v) is 3.76. The van der Waals surface area contributed by atoms with Crippen LogP contribution >= 0.6 is 23.1 Å². The van der Waals surface area contributed by atoms with Crippen LogP contribution in [0.2, 0.25) is 0 Å². The molecular formula is C15H21N5O3S2. The van der Waals surface area contributed by atoms with Gasteiger partial charge in [-0.3, -0.25) is 4.79 Å². The van der Waals surface area contributed by atoms with Crippen molar-refractivity contribution in [2.45, 2.75) is 45.8 Å². The number of thiazole rings is 1. The number of carbonyl (C=O) groups is 2. The molecule has 0 aliphatic heterocycles. The number of ether oxygens (including phenoxy) is 1. The van der Waals surface area contributed by atoms with Crippen molar-refractivity contribution in [1.82, 2.24) is 19.7 Å². The molecule has 2 aromatic rings. The molecule has 0 spiro atoms. The lowest BCUT2D eigenvalue weighted by Gasteiger charge is -2.06. The number of thioether (sulfide) groups is 1. The van der Waals surface area contributed by atoms with Crippen LogP contribution in [-0.2, 0) is 16.1 Å². The van der Waals surface area contributed by atoms with Crippen LogP contribution in [0.15, 0.2) is 5.16 Å². The summed E-state index contributed by atoms with van der Waals surface area (Å²) in [7, 11) is 0. The van der Waals surface area contributed by atoms with E-state index >= 15 is 0 Å². The minimum absolute atomic E-state index is 0.190. The van der Waals surface area contributed by atoms with Gasteiger partial charge in [0.25, 0.3) is 0 Å². The van der Waals surface area contributed by atoms with Gasteiger partial charge in [-0.1, -0.05) is 30.0 Å². The van der Waals surface area contributed by atoms with Gasteiger partial charge in [-0.25, -0.2) is 9.78 Å². The molecule has 2 rings (SSSR count). The molecular weight excluding hydrogens is 362 g/mol. The summed E-state index contributed by atoms with van der Waals surface area (Å²) < 4.78 is 6.96. The van der Waals surface area contributed by atoms with Gasteiger partial charge in [-0.2, -0.15) is 0 Å². The minimum Gasteiger partial charge on any atom is -0.462 e. The summed E-state index contributed by atoms with van der Waals surface area (Å²) in [4.78, 5) is 28.5. The summed E-state index contributed by atoms with van der Waals surface area (Å²) in [6, 6.07) is 0. The molecule has 25 heavy (non-hydrogen) atoms. The molecule has 0 atom stereocenters. The zero-order valence-corrected chi connectivity index (χ0v) is 16.3. The average molecular weight is 383 g/mol. The van der Waals surface area contributed by atoms with E-state index in [-0.39, 0.29) is 11.7 Å². The molecule has 0 saturated heterocycles. The Bertz CT molecular complexity index is 756. The van der Waals surface area contributed by atoms with Crippen LogP contribution in [0, 0.1) is 13.8 Å². The summed E-state index contributed by atoms with van der Waals surface area (Å²) in [5.74, 6) is 0.391. The minimum atomic E-state index is -0.421. The highest BCUT2D eigenvalue weighted by molar-refractivity contribution is 7.99. The first-order valence-corrected chi connectivity index (χ1v) is 9.73. The van der Waals surface area contributed by atoms with Gasteiger partial charge in [0.2, 0.25) is 5.91 Å². The molecule has 0 aliphatic rings. The molecule has 2 heterocycles. The summed E-state index contributed by atoms with van der Waals surface area (Å²) in [6.45, 7) is 8.54. The highest BCUT2D eigenvalue weighted by atomic mass is 32.2. The van der Waals surface area contributed by atoms with Gasteiger partial charge in [0.05, 0.1) is 18.1 Å². The Labute approximate surface area is 154 Å². The van der Waals surface area contributed by atoms with Crippen molar-refractivity contribution in [3.63, 3.8) is 0 Å². The second-order valence-electron chi connectivity index (χ2n) is 5.17. The third-order valence-corrected chi connectivity index (χ3v) is 5.20. The predicted octanol–water partition coefficient (Wildman–Crippen LogP) is 2.67. The molecule has 0 fully saturated rings. The number of hydrogen-bond donors (Lipinski definition) is 1. The number of hydrogen-bond acceptors (Lipinski definition) is 8. The van der Waals surface area contributed by atoms with E-state index < -0.39 is 5.97 Å². The van der Waals surface area contributed by atoms with Crippen molar-refractivity contribution in [3.8, 4) is 0 Å². The van der Waals surface area contributed by atoms with Crippen LogP contribution in [-0.4, -0.2) is 44.0 Å². The Morgan fingerprint density at radius 3 is 2.72 bits per heavy atom. The monoisotopic (exact) mass is 383 g/mol. The number of aromatic nitrogens is 4. The normalized spacial score (nSPS) is 10.7. The van der Waals surface area contributed by atoms with Crippen molar-refractivity contribution in [2.24, 2.45) is 0 Å². The largest absolute Gasteiger partial charge is 0.462 e. The molecule has 0 aromatic carbocycles. The molecule has 0 radical (unpaired) electrons. The number of nitrogens with one attached hydrogen (secondary N) is 1. The summed E-state index contributed by atoms with van der Waals surface area (Å²) in [5.41, 5.74) is 0.546. The average Bonchev–Trinajstić information content (AvgIpc) is 3.10. The summed E-state index contributed by atoms with van der Waals surface area (Å²) in [5, 5.41) is 12.0. The Kier molecular flexibility index (Phi) is 6.94. The SMILES string of the molecule is CCCn1c(C)nnc1SCC(=O)Nc1nc(C)c(C(=O)OCC)s1. The number of rotatable bonds is 8. The second kappa shape index (κ2) is 8.95. The maximum atomic E-state index is 12.1. The van der Waals surface area contributed by atoms with E-state index in [0.717, 1.165) is 35.3 Å². The van der Waals surface area contributed by atoms with Crippen LogP contribution in [0.1, 0.15) is 41.5 Å². The number of anilines is 1. The first-order valence-electron chi connectivity index (χ1n) is 7.93. The van der Waals surface area contributed by atoms with Gasteiger partial charge < -0.3 is 14.6 Å². The molecule has 2 aromatic heterocycles. The maximum absolute atomic E-state index is 12.1. The van der Waals surface area contributed by atoms with E-state index in [2.05, 4.69) is 27.4 Å². The van der Waals surface area contributed by atoms with Crippen molar-refractivity contribution < 1.29 is 14.3 Å². The van der Waals surface area contributed by atoms with E-state index in [0.29, 0.717) is 22.3 Å². The zero-order valence-electron chi connectivity index (χ0n) is 14.7. The maximum Gasteiger partial charge on any atom is 0.350 e. The third kappa shape index (κ3) is 5.02. The van der Waals surface area contributed by atoms with E-state index in [9.17, 15) is 9.59 Å². The van der Waals surface area contributed by atoms with Gasteiger partial charge in [0.1, 0.15) is 10.7 Å². The van der Waals surface area contributed by atoms with Crippen LogP contribution in [0.4, 0.5) is 5.13 Å². The highest BCUT2D eigenvalue weighted by Gasteiger charge is 2.18. The van der Waals surface area contributed by atoms with Crippen molar-refractivity contribution in [3.05, 3.63) is 16.4 Å². The summed E-state index contributed by atoms with van der Waals surface area (Å²) >= 11 is 2.44. The Morgan fingerprint density at radius 1 is 1.28 bits per heavy atom. The topological polar surface area (TPSA) is 99.0 Å². The van der Waals surface area contributed by atoms with E-state index in [1.807, 2.05) is 11.5 Å². The van der Waals surface area contributed by atoms with E-state index in [1.54, 1.807) is 13.8 Å². The second-order valence-corrected chi connectivity index (χ2v) is 7.11. The molecule has 136 valence electrons. The highest BCUT2D eigenvalue weighted by Crippen LogP contribution is 2.24. The molecule has 1 amide bonds. The number of amides is 1. The standard InChI is InChI=1S/C15H21N5O3S2/c1-5-7-20-10(4)18-19-15(20)24-8-11(21)17-14-16-9(3)12(25-14)13(22)23-6-2/h5-8H2,1-4H3,(H,16,17,21). The first-order chi connectivity index (χ1) is 12.0.